The summed E-state index contributed by atoms with van der Waals surface area (Å²) in [6, 6.07) is 22.5. The van der Waals surface area contributed by atoms with Gasteiger partial charge in [-0.1, -0.05) is 48.5 Å². The average Bonchev–Trinajstić information content (AvgIpc) is 2.85. The summed E-state index contributed by atoms with van der Waals surface area (Å²) >= 11 is 0. The van der Waals surface area contributed by atoms with E-state index < -0.39 is 28.2 Å². The summed E-state index contributed by atoms with van der Waals surface area (Å²) in [5, 5.41) is 1.87. The fourth-order valence-electron chi connectivity index (χ4n) is 3.87. The molecule has 1 aliphatic heterocycles. The Hall–Kier alpha value is -4.10. The van der Waals surface area contributed by atoms with E-state index in [-0.39, 0.29) is 32.3 Å². The van der Waals surface area contributed by atoms with Crippen LogP contribution < -0.4 is 0 Å². The Morgan fingerprint density at radius 2 is 1.36 bits per heavy atom. The van der Waals surface area contributed by atoms with E-state index in [2.05, 4.69) is 0 Å². The van der Waals surface area contributed by atoms with Crippen LogP contribution in [0.15, 0.2) is 94.7 Å². The Morgan fingerprint density at radius 1 is 0.697 bits per heavy atom. The molecule has 0 aliphatic carbocycles. The second-order valence-corrected chi connectivity index (χ2v) is 9.49. The zero-order chi connectivity index (χ0) is 23.2. The van der Waals surface area contributed by atoms with Crippen molar-refractivity contribution in [1.82, 2.24) is 0 Å². The third-order valence-electron chi connectivity index (χ3n) is 5.58. The summed E-state index contributed by atoms with van der Waals surface area (Å²) < 4.78 is 31.2. The van der Waals surface area contributed by atoms with E-state index in [1.165, 1.54) is 30.3 Å². The monoisotopic (exact) mass is 456 g/mol. The van der Waals surface area contributed by atoms with Crippen LogP contribution in [0, 0.1) is 0 Å². The highest BCUT2D eigenvalue weighted by Gasteiger charge is 2.35. The molecule has 0 spiro atoms. The van der Waals surface area contributed by atoms with E-state index in [1.54, 1.807) is 18.2 Å². The van der Waals surface area contributed by atoms with Crippen LogP contribution in [0.2, 0.25) is 0 Å². The molecular formula is C26H16O6S. The Kier molecular flexibility index (Phi) is 4.91. The van der Waals surface area contributed by atoms with Crippen molar-refractivity contribution in [1.29, 1.82) is 0 Å². The highest BCUT2D eigenvalue weighted by Crippen LogP contribution is 2.34. The van der Waals surface area contributed by atoms with Gasteiger partial charge in [0.05, 0.1) is 15.4 Å². The van der Waals surface area contributed by atoms with Gasteiger partial charge in [0.2, 0.25) is 9.84 Å². The Morgan fingerprint density at radius 3 is 2.18 bits per heavy atom. The Bertz CT molecular complexity index is 1580. The number of esters is 1. The van der Waals surface area contributed by atoms with Crippen LogP contribution in [-0.2, 0) is 14.6 Å². The molecule has 0 N–H and O–H groups in total. The lowest BCUT2D eigenvalue weighted by Gasteiger charge is -2.19. The lowest BCUT2D eigenvalue weighted by molar-refractivity contribution is 0.0474. The molecular weight excluding hydrogens is 440 g/mol. The molecule has 6 nitrogen and oxygen atoms in total. The number of hydrogen-bond donors (Lipinski definition) is 0. The van der Waals surface area contributed by atoms with Gasteiger partial charge in [-0.3, -0.25) is 9.59 Å². The summed E-state index contributed by atoms with van der Waals surface area (Å²) in [5.41, 5.74) is 0.436. The number of carbonyl (C=O) groups is 3. The van der Waals surface area contributed by atoms with Gasteiger partial charge < -0.3 is 4.74 Å². The molecule has 1 aliphatic rings. The lowest BCUT2D eigenvalue weighted by Crippen LogP contribution is -2.21. The molecule has 5 rings (SSSR count). The molecule has 0 amide bonds. The molecule has 33 heavy (non-hydrogen) atoms. The number of carbonyl (C=O) groups excluding carboxylic acids is 3. The number of fused-ring (bicyclic) bond motifs is 3. The molecule has 0 bridgehead atoms. The normalized spacial score (nSPS) is 13.8. The van der Waals surface area contributed by atoms with Gasteiger partial charge in [0.15, 0.2) is 18.2 Å². The van der Waals surface area contributed by atoms with Crippen molar-refractivity contribution >= 4 is 38.1 Å². The fraction of sp³-hybridized carbons (Fsp3) is 0.0385. The third kappa shape index (κ3) is 3.52. The zero-order valence-electron chi connectivity index (χ0n) is 17.1. The number of ether oxygens (including phenoxy) is 1. The number of rotatable bonds is 4. The van der Waals surface area contributed by atoms with Crippen molar-refractivity contribution in [3.8, 4) is 0 Å². The molecule has 0 aromatic heterocycles. The second-order valence-electron chi connectivity index (χ2n) is 7.60. The fourth-order valence-corrected chi connectivity index (χ4v) is 5.55. The number of ketones is 2. The number of benzene rings is 4. The van der Waals surface area contributed by atoms with Gasteiger partial charge in [-0.05, 0) is 47.2 Å². The molecule has 7 heteroatoms. The van der Waals surface area contributed by atoms with Crippen molar-refractivity contribution in [3.63, 3.8) is 0 Å². The van der Waals surface area contributed by atoms with Crippen LogP contribution >= 0.6 is 0 Å². The van der Waals surface area contributed by atoms with Crippen LogP contribution in [0.3, 0.4) is 0 Å². The molecule has 1 heterocycles. The third-order valence-corrected chi connectivity index (χ3v) is 7.43. The van der Waals surface area contributed by atoms with Crippen LogP contribution in [0.1, 0.15) is 36.6 Å². The smallest absolute Gasteiger partial charge is 0.338 e. The van der Waals surface area contributed by atoms with Gasteiger partial charge in [-0.2, -0.15) is 0 Å². The maximum absolute atomic E-state index is 13.0. The largest absolute Gasteiger partial charge is 0.454 e. The van der Waals surface area contributed by atoms with E-state index in [4.69, 9.17) is 4.74 Å². The van der Waals surface area contributed by atoms with Gasteiger partial charge in [-0.25, -0.2) is 13.2 Å². The average molecular weight is 456 g/mol. The van der Waals surface area contributed by atoms with Gasteiger partial charge in [-0.15, -0.1) is 0 Å². The molecule has 4 aromatic rings. The zero-order valence-corrected chi connectivity index (χ0v) is 18.0. The SMILES string of the molecule is O=C(COC(=O)c1ccc2c(c1)S(=O)(=O)c1ccccc1C2=O)c1ccc2ccccc2c1. The molecule has 162 valence electrons. The predicted molar refractivity (Wildman–Crippen MR) is 120 cm³/mol. The first-order valence-corrected chi connectivity index (χ1v) is 11.6. The van der Waals surface area contributed by atoms with Crippen molar-refractivity contribution in [2.45, 2.75) is 9.79 Å². The molecule has 0 radical (unpaired) electrons. The number of sulfone groups is 1. The summed E-state index contributed by atoms with van der Waals surface area (Å²) in [4.78, 5) is 37.5. The quantitative estimate of drug-likeness (QED) is 0.296. The summed E-state index contributed by atoms with van der Waals surface area (Å²) in [6.45, 7) is -0.497. The standard InChI is InChI=1S/C26H16O6S/c27-22(18-10-9-16-5-1-2-6-17(16)13-18)15-32-26(29)19-11-12-21-24(14-19)33(30,31)23-8-4-3-7-20(23)25(21)28/h1-14H,15H2. The minimum Gasteiger partial charge on any atom is -0.454 e. The van der Waals surface area contributed by atoms with Crippen molar-refractivity contribution in [2.75, 3.05) is 6.61 Å². The maximum atomic E-state index is 13.0. The minimum atomic E-state index is -3.98. The van der Waals surface area contributed by atoms with Crippen LogP contribution in [-0.4, -0.2) is 32.6 Å². The van der Waals surface area contributed by atoms with Crippen LogP contribution in [0.4, 0.5) is 0 Å². The van der Waals surface area contributed by atoms with Gasteiger partial charge in [0.1, 0.15) is 0 Å². The summed E-state index contributed by atoms with van der Waals surface area (Å²) in [7, 11) is -3.98. The predicted octanol–water partition coefficient (Wildman–Crippen LogP) is 4.26. The van der Waals surface area contributed by atoms with E-state index in [1.807, 2.05) is 30.3 Å². The maximum Gasteiger partial charge on any atom is 0.338 e. The van der Waals surface area contributed by atoms with Crippen molar-refractivity contribution in [2.24, 2.45) is 0 Å². The van der Waals surface area contributed by atoms with Crippen LogP contribution in [0.5, 0.6) is 0 Å². The first kappa shape index (κ1) is 20.8. The molecule has 0 fully saturated rings. The summed E-state index contributed by atoms with van der Waals surface area (Å²) in [5.74, 6) is -1.67. The first-order chi connectivity index (χ1) is 15.9. The van der Waals surface area contributed by atoms with Gasteiger partial charge >= 0.3 is 5.97 Å². The highest BCUT2D eigenvalue weighted by molar-refractivity contribution is 7.91. The topological polar surface area (TPSA) is 94.6 Å². The van der Waals surface area contributed by atoms with Crippen molar-refractivity contribution in [3.05, 3.63) is 107 Å². The highest BCUT2D eigenvalue weighted by atomic mass is 32.2. The van der Waals surface area contributed by atoms with E-state index >= 15 is 0 Å². The second kappa shape index (κ2) is 7.79. The first-order valence-electron chi connectivity index (χ1n) is 10.1. The van der Waals surface area contributed by atoms with Crippen LogP contribution in [0.25, 0.3) is 10.8 Å². The van der Waals surface area contributed by atoms with E-state index in [0.717, 1.165) is 16.8 Å². The van der Waals surface area contributed by atoms with E-state index in [0.29, 0.717) is 5.56 Å². The number of hydrogen-bond acceptors (Lipinski definition) is 6. The number of Topliss-reactive ketones (excluding diaryl/α,β-unsaturated/α-hetero) is 1. The molecule has 0 saturated carbocycles. The van der Waals surface area contributed by atoms with E-state index in [9.17, 15) is 22.8 Å². The molecule has 4 aromatic carbocycles. The summed E-state index contributed by atoms with van der Waals surface area (Å²) in [6.07, 6.45) is 0. The molecule has 0 atom stereocenters. The Labute approximate surface area is 189 Å². The Balaban J connectivity index is 1.38. The molecule has 0 unspecified atom stereocenters. The van der Waals surface area contributed by atoms with Gasteiger partial charge in [0, 0.05) is 16.7 Å². The minimum absolute atomic E-state index is 0.00232. The van der Waals surface area contributed by atoms with Crippen molar-refractivity contribution < 1.29 is 27.5 Å². The lowest BCUT2D eigenvalue weighted by atomic mass is 10.0. The molecule has 0 saturated heterocycles. The van der Waals surface area contributed by atoms with Gasteiger partial charge in [0.25, 0.3) is 0 Å².